The van der Waals surface area contributed by atoms with E-state index in [1.807, 2.05) is 0 Å². The second kappa shape index (κ2) is 13.0. The van der Waals surface area contributed by atoms with Gasteiger partial charge < -0.3 is 18.9 Å². The minimum absolute atomic E-state index is 0.113. The summed E-state index contributed by atoms with van der Waals surface area (Å²) in [6, 6.07) is 7.54. The molecule has 0 saturated carbocycles. The van der Waals surface area contributed by atoms with Crippen molar-refractivity contribution in [1.29, 1.82) is 0 Å². The standard InChI is InChI=1S/C29H23Cl2F3N2O8/c1-28(2,3)43-26(40)17-11-7-9-15(21(17)31)22-19(23(44-35-22)18(12-36(4)5)24(38)29(32,33)34)27(41)42-25(39)16-10-6-8-14(13-37)20(16)30/h6-13H,1-5H3/b18-12-. The molecule has 2 aromatic carbocycles. The molecule has 10 nitrogen and oxygen atoms in total. The SMILES string of the molecule is CN(C)/C=C(\C(=O)C(F)(F)F)c1onc(-c2cccc(C(=O)OC(C)(C)C)c2Cl)c1C(=O)OC(=O)c1cccc(C=O)c1Cl. The molecule has 0 N–H and O–H groups in total. The summed E-state index contributed by atoms with van der Waals surface area (Å²) < 4.78 is 56.3. The summed E-state index contributed by atoms with van der Waals surface area (Å²) in [4.78, 5) is 64.0. The van der Waals surface area contributed by atoms with E-state index in [1.165, 1.54) is 44.4 Å². The van der Waals surface area contributed by atoms with E-state index in [0.717, 1.165) is 17.2 Å². The Hall–Kier alpha value is -4.49. The molecule has 0 fully saturated rings. The maximum atomic E-state index is 13.6. The van der Waals surface area contributed by atoms with E-state index in [4.69, 9.17) is 37.2 Å². The molecule has 0 unspecified atom stereocenters. The van der Waals surface area contributed by atoms with E-state index in [1.54, 1.807) is 20.8 Å². The van der Waals surface area contributed by atoms with E-state index >= 15 is 0 Å². The maximum Gasteiger partial charge on any atom is 0.455 e. The van der Waals surface area contributed by atoms with Crippen molar-refractivity contribution in [3.63, 3.8) is 0 Å². The van der Waals surface area contributed by atoms with E-state index in [9.17, 15) is 37.1 Å². The van der Waals surface area contributed by atoms with Crippen LogP contribution in [0.25, 0.3) is 16.8 Å². The Balaban J connectivity index is 2.27. The molecule has 1 aromatic heterocycles. The lowest BCUT2D eigenvalue weighted by atomic mass is 9.99. The second-order valence-electron chi connectivity index (χ2n) is 10.2. The highest BCUT2D eigenvalue weighted by atomic mass is 35.5. The summed E-state index contributed by atoms with van der Waals surface area (Å²) in [7, 11) is 2.59. The number of esters is 3. The first-order valence-corrected chi connectivity index (χ1v) is 13.1. The monoisotopic (exact) mass is 654 g/mol. The fraction of sp³-hybridized carbons (Fsp3) is 0.241. The fourth-order valence-electron chi connectivity index (χ4n) is 3.67. The van der Waals surface area contributed by atoms with E-state index < -0.39 is 63.6 Å². The number of carbonyl (C=O) groups is 5. The Labute approximate surface area is 258 Å². The van der Waals surface area contributed by atoms with Gasteiger partial charge in [0.25, 0.3) is 5.78 Å². The maximum absolute atomic E-state index is 13.6. The molecule has 0 aliphatic carbocycles. The van der Waals surface area contributed by atoms with Crippen molar-refractivity contribution < 1.29 is 51.1 Å². The number of ketones is 1. The van der Waals surface area contributed by atoms with Crippen LogP contribution in [0.1, 0.15) is 68.0 Å². The van der Waals surface area contributed by atoms with Crippen molar-refractivity contribution in [2.75, 3.05) is 14.1 Å². The van der Waals surface area contributed by atoms with Gasteiger partial charge in [-0.1, -0.05) is 52.6 Å². The van der Waals surface area contributed by atoms with Crippen molar-refractivity contribution in [1.82, 2.24) is 10.1 Å². The number of allylic oxidation sites excluding steroid dienone is 1. The largest absolute Gasteiger partial charge is 0.456 e. The Bertz CT molecular complexity index is 1690. The number of aromatic nitrogens is 1. The van der Waals surface area contributed by atoms with Gasteiger partial charge in [0.15, 0.2) is 12.0 Å². The summed E-state index contributed by atoms with van der Waals surface area (Å²) in [5.41, 5.74) is -4.53. The highest BCUT2D eigenvalue weighted by Crippen LogP contribution is 2.38. The van der Waals surface area contributed by atoms with Gasteiger partial charge in [0.2, 0.25) is 0 Å². The summed E-state index contributed by atoms with van der Waals surface area (Å²) >= 11 is 12.5. The zero-order chi connectivity index (χ0) is 33.1. The van der Waals surface area contributed by atoms with Gasteiger partial charge in [-0.3, -0.25) is 9.59 Å². The highest BCUT2D eigenvalue weighted by Gasteiger charge is 2.45. The smallest absolute Gasteiger partial charge is 0.455 e. The molecular formula is C29H23Cl2F3N2O8. The van der Waals surface area contributed by atoms with Crippen LogP contribution in [-0.2, 0) is 14.3 Å². The molecular weight excluding hydrogens is 632 g/mol. The van der Waals surface area contributed by atoms with Crippen LogP contribution in [0.3, 0.4) is 0 Å². The third-order valence-corrected chi connectivity index (χ3v) is 6.29. The Morgan fingerprint density at radius 1 is 0.909 bits per heavy atom. The van der Waals surface area contributed by atoms with Crippen LogP contribution in [0.15, 0.2) is 47.1 Å². The quantitative estimate of drug-likeness (QED) is 0.115. The fourth-order valence-corrected chi connectivity index (χ4v) is 4.21. The summed E-state index contributed by atoms with van der Waals surface area (Å²) in [6.07, 6.45) is -4.36. The molecule has 0 radical (unpaired) electrons. The molecule has 0 aliphatic heterocycles. The van der Waals surface area contributed by atoms with Crippen LogP contribution in [0.4, 0.5) is 13.2 Å². The van der Waals surface area contributed by atoms with E-state index in [2.05, 4.69) is 5.16 Å². The van der Waals surface area contributed by atoms with Crippen LogP contribution < -0.4 is 0 Å². The minimum atomic E-state index is -5.43. The van der Waals surface area contributed by atoms with Gasteiger partial charge in [0.05, 0.1) is 26.7 Å². The highest BCUT2D eigenvalue weighted by molar-refractivity contribution is 6.37. The summed E-state index contributed by atoms with van der Waals surface area (Å²) in [5, 5.41) is 2.98. The number of aldehydes is 1. The number of rotatable bonds is 8. The number of nitrogens with zero attached hydrogens (tertiary/aromatic N) is 2. The molecule has 232 valence electrons. The van der Waals surface area contributed by atoms with Crippen molar-refractivity contribution in [3.8, 4) is 11.3 Å². The van der Waals surface area contributed by atoms with Crippen LogP contribution in [0.2, 0.25) is 10.0 Å². The average Bonchev–Trinajstić information content (AvgIpc) is 3.34. The molecule has 1 heterocycles. The molecule has 44 heavy (non-hydrogen) atoms. The van der Waals surface area contributed by atoms with Gasteiger partial charge in [-0.2, -0.15) is 13.2 Å². The normalized spacial score (nSPS) is 12.0. The second-order valence-corrected chi connectivity index (χ2v) is 11.0. The lowest BCUT2D eigenvalue weighted by Crippen LogP contribution is -2.26. The first kappa shape index (κ1) is 34.0. The zero-order valence-electron chi connectivity index (χ0n) is 23.7. The van der Waals surface area contributed by atoms with Crippen LogP contribution in [-0.4, -0.2) is 65.9 Å². The van der Waals surface area contributed by atoms with Crippen molar-refractivity contribution >= 4 is 58.8 Å². The number of Topliss-reactive ketones (excluding diaryl/α,β-unsaturated/α-hetero) is 1. The molecule has 0 amide bonds. The third kappa shape index (κ3) is 7.53. The molecule has 3 rings (SSSR count). The van der Waals surface area contributed by atoms with Crippen molar-refractivity contribution in [3.05, 3.63) is 80.7 Å². The topological polar surface area (TPSA) is 133 Å². The predicted molar refractivity (Wildman–Crippen MR) is 151 cm³/mol. The Morgan fingerprint density at radius 2 is 1.50 bits per heavy atom. The first-order valence-electron chi connectivity index (χ1n) is 12.4. The number of halogens is 5. The number of hydrogen-bond donors (Lipinski definition) is 0. The zero-order valence-corrected chi connectivity index (χ0v) is 25.2. The van der Waals surface area contributed by atoms with Gasteiger partial charge in [0.1, 0.15) is 16.9 Å². The van der Waals surface area contributed by atoms with Gasteiger partial charge in [0, 0.05) is 31.4 Å². The molecule has 15 heteroatoms. The molecule has 0 aliphatic rings. The Morgan fingerprint density at radius 3 is 2.05 bits per heavy atom. The third-order valence-electron chi connectivity index (χ3n) is 5.46. The van der Waals surface area contributed by atoms with Crippen molar-refractivity contribution in [2.24, 2.45) is 0 Å². The predicted octanol–water partition coefficient (Wildman–Crippen LogP) is 6.45. The number of alkyl halides is 3. The van der Waals surface area contributed by atoms with Gasteiger partial charge >= 0.3 is 24.1 Å². The molecule has 0 atom stereocenters. The molecule has 3 aromatic rings. The molecule has 0 spiro atoms. The van der Waals surface area contributed by atoms with Crippen LogP contribution in [0, 0.1) is 0 Å². The Kier molecular flexibility index (Phi) is 10.1. The molecule has 0 bridgehead atoms. The van der Waals surface area contributed by atoms with Gasteiger partial charge in [-0.25, -0.2) is 14.4 Å². The lowest BCUT2D eigenvalue weighted by molar-refractivity contribution is -0.164. The van der Waals surface area contributed by atoms with E-state index in [0.29, 0.717) is 6.29 Å². The lowest BCUT2D eigenvalue weighted by Gasteiger charge is -2.20. The van der Waals surface area contributed by atoms with Gasteiger partial charge in [-0.05, 0) is 32.9 Å². The first-order chi connectivity index (χ1) is 20.4. The number of carbonyl (C=O) groups excluding carboxylic acids is 5. The number of benzene rings is 2. The number of hydrogen-bond acceptors (Lipinski definition) is 10. The molecule has 0 saturated heterocycles. The summed E-state index contributed by atoms with van der Waals surface area (Å²) in [6.45, 7) is 4.81. The summed E-state index contributed by atoms with van der Waals surface area (Å²) in [5.74, 6) is -7.31. The van der Waals surface area contributed by atoms with E-state index in [-0.39, 0.29) is 26.7 Å². The van der Waals surface area contributed by atoms with Crippen LogP contribution >= 0.6 is 23.2 Å². The van der Waals surface area contributed by atoms with Crippen molar-refractivity contribution in [2.45, 2.75) is 32.5 Å². The minimum Gasteiger partial charge on any atom is -0.456 e. The average molecular weight is 655 g/mol. The number of ether oxygens (including phenoxy) is 2. The van der Waals surface area contributed by atoms with Crippen LogP contribution in [0.5, 0.6) is 0 Å². The van der Waals surface area contributed by atoms with Gasteiger partial charge in [-0.15, -0.1) is 0 Å².